The molecule has 13 nitrogen and oxygen atoms in total. The summed E-state index contributed by atoms with van der Waals surface area (Å²) in [6, 6.07) is 9.03. The van der Waals surface area contributed by atoms with Crippen LogP contribution in [0, 0.1) is 6.92 Å². The van der Waals surface area contributed by atoms with E-state index >= 15 is 0 Å². The van der Waals surface area contributed by atoms with Crippen LogP contribution in [0.3, 0.4) is 0 Å². The average molecular weight is 627 g/mol. The van der Waals surface area contributed by atoms with Gasteiger partial charge in [-0.2, -0.15) is 0 Å². The third-order valence-corrected chi connectivity index (χ3v) is 8.45. The Morgan fingerprint density at radius 2 is 1.84 bits per heavy atom. The predicted octanol–water partition coefficient (Wildman–Crippen LogP) is 2.60. The van der Waals surface area contributed by atoms with Gasteiger partial charge in [0.15, 0.2) is 11.7 Å². The number of nitrogens with one attached hydrogen (secondary N) is 4. The second-order valence-electron chi connectivity index (χ2n) is 12.2. The highest BCUT2D eigenvalue weighted by atomic mass is 32.2. The molecule has 3 aliphatic rings. The van der Waals surface area contributed by atoms with E-state index in [1.165, 1.54) is 7.11 Å². The quantitative estimate of drug-likeness (QED) is 0.363. The summed E-state index contributed by atoms with van der Waals surface area (Å²) in [5.41, 5.74) is 10.8. The lowest BCUT2D eigenvalue weighted by Gasteiger charge is -2.33. The van der Waals surface area contributed by atoms with Crippen LogP contribution in [0.4, 0.5) is 17.1 Å². The number of carbonyl (C=O) groups excluding carboxylic acids is 1. The molecule has 238 valence electrons. The third-order valence-electron chi connectivity index (χ3n) is 7.86. The number of methoxy groups -OCH3 is 1. The van der Waals surface area contributed by atoms with Gasteiger partial charge in [0.2, 0.25) is 10.0 Å². The van der Waals surface area contributed by atoms with Gasteiger partial charge in [-0.25, -0.2) is 8.42 Å². The van der Waals surface area contributed by atoms with Crippen LogP contribution in [0.25, 0.3) is 0 Å². The van der Waals surface area contributed by atoms with Crippen LogP contribution in [0.5, 0.6) is 5.75 Å². The van der Waals surface area contributed by atoms with Gasteiger partial charge in [-0.1, -0.05) is 26.8 Å². The first-order chi connectivity index (χ1) is 20.7. The Hall–Kier alpha value is -4.01. The van der Waals surface area contributed by atoms with Gasteiger partial charge in [0.25, 0.3) is 5.91 Å². The highest BCUT2D eigenvalue weighted by molar-refractivity contribution is 7.92. The summed E-state index contributed by atoms with van der Waals surface area (Å²) < 4.78 is 37.8. The van der Waals surface area contributed by atoms with Crippen molar-refractivity contribution in [1.29, 1.82) is 0 Å². The molecule has 0 aromatic heterocycles. The monoisotopic (exact) mass is 626 g/mol. The summed E-state index contributed by atoms with van der Waals surface area (Å²) in [6.45, 7) is 11.7. The van der Waals surface area contributed by atoms with Crippen molar-refractivity contribution in [3.8, 4) is 5.75 Å². The fraction of sp³-hybridized carbons (Fsp3) is 0.467. The molecule has 3 heterocycles. The summed E-state index contributed by atoms with van der Waals surface area (Å²) in [5.74, 6) is 0.827. The predicted molar refractivity (Wildman–Crippen MR) is 172 cm³/mol. The highest BCUT2D eigenvalue weighted by Gasteiger charge is 2.34. The number of aliphatic imine (C=N–C) groups is 1. The van der Waals surface area contributed by atoms with Gasteiger partial charge in [0.05, 0.1) is 61.9 Å². The molecule has 3 aliphatic heterocycles. The van der Waals surface area contributed by atoms with E-state index in [1.54, 1.807) is 12.1 Å². The molecule has 0 spiro atoms. The molecule has 1 unspecified atom stereocenters. The number of ether oxygens (including phenoxy) is 2. The number of nitrogens with zero attached hydrogens (tertiary/aromatic N) is 4. The minimum absolute atomic E-state index is 0.0365. The zero-order valence-corrected chi connectivity index (χ0v) is 27.1. The first kappa shape index (κ1) is 31.4. The fourth-order valence-corrected chi connectivity index (χ4v) is 5.97. The minimum atomic E-state index is -3.60. The van der Waals surface area contributed by atoms with Crippen molar-refractivity contribution >= 4 is 39.0 Å². The molecule has 0 saturated carbocycles. The zero-order chi connectivity index (χ0) is 31.8. The van der Waals surface area contributed by atoms with Crippen molar-refractivity contribution < 1.29 is 22.7 Å². The van der Waals surface area contributed by atoms with Crippen LogP contribution in [0.15, 0.2) is 47.2 Å². The normalized spacial score (nSPS) is 19.0. The first-order valence-corrected chi connectivity index (χ1v) is 16.4. The molecule has 4 N–H and O–H groups in total. The van der Waals surface area contributed by atoms with Gasteiger partial charge < -0.3 is 30.0 Å². The Kier molecular flexibility index (Phi) is 8.69. The van der Waals surface area contributed by atoms with E-state index in [9.17, 15) is 13.2 Å². The fourth-order valence-electron chi connectivity index (χ4n) is 5.42. The van der Waals surface area contributed by atoms with E-state index in [0.29, 0.717) is 31.0 Å². The van der Waals surface area contributed by atoms with Crippen LogP contribution >= 0.6 is 0 Å². The summed E-state index contributed by atoms with van der Waals surface area (Å²) in [6.07, 6.45) is 3.06. The van der Waals surface area contributed by atoms with E-state index in [0.717, 1.165) is 47.8 Å². The number of likely N-dealkylation sites (N-methyl/N-ethyl adjacent to an activating group) is 1. The number of carbonyl (C=O) groups is 1. The summed E-state index contributed by atoms with van der Waals surface area (Å²) in [5, 5.41) is 4.80. The maximum absolute atomic E-state index is 13.6. The van der Waals surface area contributed by atoms with Gasteiger partial charge >= 0.3 is 0 Å². The molecule has 0 bridgehead atoms. The Morgan fingerprint density at radius 3 is 2.50 bits per heavy atom. The smallest absolute Gasteiger partial charge is 0.255 e. The molecule has 14 heteroatoms. The van der Waals surface area contributed by atoms with Gasteiger partial charge in [-0.15, -0.1) is 5.53 Å². The zero-order valence-electron chi connectivity index (χ0n) is 26.3. The number of hydrazine groups is 2. The lowest BCUT2D eigenvalue weighted by Crippen LogP contribution is -2.49. The highest BCUT2D eigenvalue weighted by Crippen LogP contribution is 2.39. The number of amides is 1. The second kappa shape index (κ2) is 12.2. The van der Waals surface area contributed by atoms with E-state index < -0.39 is 10.0 Å². The third kappa shape index (κ3) is 6.71. The molecule has 1 fully saturated rings. The molecule has 44 heavy (non-hydrogen) atoms. The maximum Gasteiger partial charge on any atom is 0.255 e. The van der Waals surface area contributed by atoms with E-state index in [-0.39, 0.29) is 28.8 Å². The molecular formula is C30H42N8O5S. The molecular weight excluding hydrogens is 584 g/mol. The van der Waals surface area contributed by atoms with Crippen LogP contribution < -0.4 is 30.7 Å². The number of hydrogen-bond donors (Lipinski definition) is 4. The lowest BCUT2D eigenvalue weighted by molar-refractivity contribution is 0.0634. The van der Waals surface area contributed by atoms with E-state index in [1.807, 2.05) is 64.2 Å². The number of rotatable bonds is 7. The van der Waals surface area contributed by atoms with Crippen molar-refractivity contribution in [3.63, 3.8) is 0 Å². The molecule has 1 saturated heterocycles. The van der Waals surface area contributed by atoms with Crippen molar-refractivity contribution in [3.05, 3.63) is 58.9 Å². The summed E-state index contributed by atoms with van der Waals surface area (Å²) in [7, 11) is -0.112. The van der Waals surface area contributed by atoms with Crippen molar-refractivity contribution in [2.45, 2.75) is 39.2 Å². The molecule has 0 radical (unpaired) electrons. The van der Waals surface area contributed by atoms with Gasteiger partial charge in [-0.3, -0.25) is 19.5 Å². The van der Waals surface area contributed by atoms with Crippen molar-refractivity contribution in [2.24, 2.45) is 4.99 Å². The SMILES string of the molecule is COc1c(NC(=O)c2ccc(C)c(N3C=C(C4CN=C(N5CCOCC5)N4C)NN3)c2)cc(C(C)(C)C)cc1NS(C)(=O)=O. The molecule has 1 atom stereocenters. The van der Waals surface area contributed by atoms with Crippen LogP contribution in [-0.4, -0.2) is 89.4 Å². The topological polar surface area (TPSA) is 140 Å². The van der Waals surface area contributed by atoms with Crippen LogP contribution in [0.2, 0.25) is 0 Å². The molecule has 0 aliphatic carbocycles. The first-order valence-electron chi connectivity index (χ1n) is 14.5. The molecule has 2 aromatic carbocycles. The minimum Gasteiger partial charge on any atom is -0.492 e. The Labute approximate surface area is 259 Å². The van der Waals surface area contributed by atoms with Gasteiger partial charge in [0.1, 0.15) is 0 Å². The van der Waals surface area contributed by atoms with Crippen LogP contribution in [0.1, 0.15) is 42.3 Å². The molecule has 1 amide bonds. The maximum atomic E-state index is 13.6. The van der Waals surface area contributed by atoms with Crippen molar-refractivity contribution in [1.82, 2.24) is 20.8 Å². The Morgan fingerprint density at radius 1 is 1.14 bits per heavy atom. The standard InChI is InChI=1S/C30H42N8O5S/c1-19-8-9-20(28(39)32-22-15-21(30(2,3)4)16-23(27(22)42-6)34-44(7,40)41)14-25(19)38-18-24(33-35-38)26-17-31-29(36(26)5)37-10-12-43-13-11-37/h8-9,14-16,18,26,33-35H,10-13,17H2,1-7H3,(H,32,39). The Bertz CT molecular complexity index is 1600. The summed E-state index contributed by atoms with van der Waals surface area (Å²) in [4.78, 5) is 22.8. The Balaban J connectivity index is 1.37. The lowest BCUT2D eigenvalue weighted by atomic mass is 9.86. The number of anilines is 3. The van der Waals surface area contributed by atoms with Gasteiger partial charge in [-0.05, 0) is 47.7 Å². The summed E-state index contributed by atoms with van der Waals surface area (Å²) >= 11 is 0. The molecule has 5 rings (SSSR count). The van der Waals surface area contributed by atoms with Crippen molar-refractivity contribution in [2.75, 3.05) is 68.3 Å². The number of sulfonamides is 1. The van der Waals surface area contributed by atoms with Gasteiger partial charge in [0, 0.05) is 31.9 Å². The number of aryl methyl sites for hydroxylation is 1. The largest absolute Gasteiger partial charge is 0.492 e. The van der Waals surface area contributed by atoms with E-state index in [2.05, 4.69) is 30.8 Å². The average Bonchev–Trinajstić information content (AvgIpc) is 3.59. The number of benzene rings is 2. The molecule has 2 aromatic rings. The van der Waals surface area contributed by atoms with Crippen LogP contribution in [-0.2, 0) is 20.2 Å². The number of hydrogen-bond acceptors (Lipinski definition) is 11. The second-order valence-corrected chi connectivity index (χ2v) is 14.0. The number of guanidine groups is 1. The number of morpholine rings is 1. The van der Waals surface area contributed by atoms with E-state index in [4.69, 9.17) is 14.5 Å².